The molecule has 270 valence electrons. The number of aromatic hydroxyl groups is 2. The summed E-state index contributed by atoms with van der Waals surface area (Å²) in [6.45, 7) is 1.81. The summed E-state index contributed by atoms with van der Waals surface area (Å²) in [4.78, 5) is 0. The lowest BCUT2D eigenvalue weighted by molar-refractivity contribution is -0.137. The van der Waals surface area contributed by atoms with Crippen molar-refractivity contribution in [1.29, 1.82) is 0 Å². The Hall–Kier alpha value is -6.53. The van der Waals surface area contributed by atoms with Gasteiger partial charge in [0.15, 0.2) is 11.7 Å². The van der Waals surface area contributed by atoms with E-state index in [1.54, 1.807) is 30.3 Å². The van der Waals surface area contributed by atoms with Gasteiger partial charge in [-0.3, -0.25) is 0 Å². The molecule has 8 N–H and O–H groups in total. The molecular formula is C40H31ClF4N4O4. The zero-order valence-electron chi connectivity index (χ0n) is 27.8. The van der Waals surface area contributed by atoms with Gasteiger partial charge in [-0.15, -0.1) is 0 Å². The first kappa shape index (κ1) is 37.7. The van der Waals surface area contributed by atoms with Gasteiger partial charge in [0.2, 0.25) is 0 Å². The number of oxime groups is 2. The van der Waals surface area contributed by atoms with Crippen molar-refractivity contribution in [3.63, 3.8) is 0 Å². The van der Waals surface area contributed by atoms with Gasteiger partial charge in [0, 0.05) is 32.8 Å². The van der Waals surface area contributed by atoms with E-state index in [1.165, 1.54) is 48.5 Å². The van der Waals surface area contributed by atoms with Gasteiger partial charge in [0.1, 0.15) is 17.3 Å². The molecule has 0 fully saturated rings. The van der Waals surface area contributed by atoms with E-state index in [-0.39, 0.29) is 34.0 Å². The lowest BCUT2D eigenvalue weighted by Gasteiger charge is -2.20. The first-order valence-corrected chi connectivity index (χ1v) is 16.0. The van der Waals surface area contributed by atoms with E-state index < -0.39 is 23.4 Å². The average molecular weight is 743 g/mol. The summed E-state index contributed by atoms with van der Waals surface area (Å²) in [6, 6.07) is 31.0. The summed E-state index contributed by atoms with van der Waals surface area (Å²) < 4.78 is 54.8. The van der Waals surface area contributed by atoms with Gasteiger partial charge >= 0.3 is 6.18 Å². The van der Waals surface area contributed by atoms with Crippen LogP contribution in [0.25, 0.3) is 44.5 Å². The van der Waals surface area contributed by atoms with Crippen LogP contribution in [0.15, 0.2) is 132 Å². The van der Waals surface area contributed by atoms with E-state index in [9.17, 15) is 33.0 Å². The van der Waals surface area contributed by atoms with E-state index in [1.807, 2.05) is 37.3 Å². The molecule has 0 spiro atoms. The molecule has 0 radical (unpaired) electrons. The summed E-state index contributed by atoms with van der Waals surface area (Å²) in [6.07, 6.45) is -4.66. The highest BCUT2D eigenvalue weighted by atomic mass is 35.5. The van der Waals surface area contributed by atoms with Crippen LogP contribution in [0.1, 0.15) is 22.3 Å². The fourth-order valence-electron chi connectivity index (χ4n) is 5.70. The summed E-state index contributed by atoms with van der Waals surface area (Å²) in [5.41, 5.74) is 15.6. The molecule has 0 unspecified atom stereocenters. The molecule has 0 amide bonds. The minimum absolute atomic E-state index is 0.0347. The van der Waals surface area contributed by atoms with Crippen LogP contribution in [0.5, 0.6) is 11.5 Å². The lowest BCUT2D eigenvalue weighted by atomic mass is 9.87. The molecule has 0 bridgehead atoms. The van der Waals surface area contributed by atoms with Gasteiger partial charge in [0.25, 0.3) is 0 Å². The van der Waals surface area contributed by atoms with Crippen molar-refractivity contribution in [3.8, 4) is 56.0 Å². The summed E-state index contributed by atoms with van der Waals surface area (Å²) >= 11 is 6.36. The first-order chi connectivity index (χ1) is 25.2. The molecule has 13 heteroatoms. The first-order valence-electron chi connectivity index (χ1n) is 15.7. The topological polar surface area (TPSA) is 158 Å². The Balaban J connectivity index is 0.000000208. The number of aryl methyl sites for hydroxylation is 1. The number of halogens is 5. The summed E-state index contributed by atoms with van der Waals surface area (Å²) in [7, 11) is 0. The van der Waals surface area contributed by atoms with Gasteiger partial charge in [-0.1, -0.05) is 88.1 Å². The fraction of sp³-hybridized carbons (Fsp3) is 0.0500. The highest BCUT2D eigenvalue weighted by Crippen LogP contribution is 2.43. The van der Waals surface area contributed by atoms with Crippen LogP contribution in [-0.2, 0) is 6.18 Å². The summed E-state index contributed by atoms with van der Waals surface area (Å²) in [5, 5.41) is 43.5. The molecule has 0 heterocycles. The van der Waals surface area contributed by atoms with Crippen LogP contribution >= 0.6 is 11.6 Å². The number of alkyl halides is 3. The fourth-order valence-corrected chi connectivity index (χ4v) is 5.91. The monoisotopic (exact) mass is 742 g/mol. The van der Waals surface area contributed by atoms with E-state index >= 15 is 0 Å². The Bertz CT molecular complexity index is 2310. The number of nitrogens with two attached hydrogens (primary N) is 2. The molecule has 8 nitrogen and oxygen atoms in total. The second-order valence-electron chi connectivity index (χ2n) is 11.7. The number of amidine groups is 2. The van der Waals surface area contributed by atoms with Crippen molar-refractivity contribution in [2.24, 2.45) is 21.8 Å². The molecule has 53 heavy (non-hydrogen) atoms. The zero-order chi connectivity index (χ0) is 38.4. The molecule has 0 saturated carbocycles. The van der Waals surface area contributed by atoms with Gasteiger partial charge in [-0.05, 0) is 95.4 Å². The maximum absolute atomic E-state index is 14.1. The Morgan fingerprint density at radius 1 is 0.604 bits per heavy atom. The lowest BCUT2D eigenvalue weighted by Crippen LogP contribution is -2.17. The minimum atomic E-state index is -4.66. The molecule has 0 saturated heterocycles. The molecule has 0 aliphatic heterocycles. The Labute approximate surface area is 306 Å². The van der Waals surface area contributed by atoms with Crippen molar-refractivity contribution < 1.29 is 38.2 Å². The van der Waals surface area contributed by atoms with Crippen LogP contribution in [0.2, 0.25) is 5.02 Å². The number of nitrogens with zero attached hydrogens (tertiary/aromatic N) is 2. The average Bonchev–Trinajstić information content (AvgIpc) is 3.15. The van der Waals surface area contributed by atoms with Crippen molar-refractivity contribution in [1.82, 2.24) is 0 Å². The van der Waals surface area contributed by atoms with Crippen LogP contribution in [0.3, 0.4) is 0 Å². The number of hydrogen-bond donors (Lipinski definition) is 6. The minimum Gasteiger partial charge on any atom is -0.508 e. The predicted octanol–water partition coefficient (Wildman–Crippen LogP) is 9.76. The Morgan fingerprint density at radius 3 is 1.62 bits per heavy atom. The molecule has 0 aliphatic carbocycles. The van der Waals surface area contributed by atoms with Gasteiger partial charge < -0.3 is 32.1 Å². The SMILES string of the molecule is Cc1ccc(Cl)c(-c2c(C(N)=NO)cc(C(F)(F)F)cc2-c2ccc(O)cc2)c1.NC(=NO)c1cc(F)cc(-c2ccc(O)cc2)c1-c1ccccc1. The quantitative estimate of drug-likeness (QED) is 0.0328. The van der Waals surface area contributed by atoms with Crippen LogP contribution in [0.4, 0.5) is 17.6 Å². The van der Waals surface area contributed by atoms with E-state index in [0.717, 1.165) is 23.3 Å². The van der Waals surface area contributed by atoms with Crippen LogP contribution < -0.4 is 11.5 Å². The molecular weight excluding hydrogens is 712 g/mol. The van der Waals surface area contributed by atoms with Crippen LogP contribution in [0, 0.1) is 12.7 Å². The third-order valence-electron chi connectivity index (χ3n) is 8.15. The number of rotatable bonds is 6. The maximum Gasteiger partial charge on any atom is 0.416 e. The van der Waals surface area contributed by atoms with Crippen molar-refractivity contribution in [3.05, 3.63) is 154 Å². The normalized spacial score (nSPS) is 11.9. The smallest absolute Gasteiger partial charge is 0.416 e. The molecule has 0 atom stereocenters. The third-order valence-corrected chi connectivity index (χ3v) is 8.48. The van der Waals surface area contributed by atoms with Crippen molar-refractivity contribution >= 4 is 23.3 Å². The second-order valence-corrected chi connectivity index (χ2v) is 12.1. The Morgan fingerprint density at radius 2 is 1.11 bits per heavy atom. The number of phenols is 2. The van der Waals surface area contributed by atoms with E-state index in [0.29, 0.717) is 38.4 Å². The highest BCUT2D eigenvalue weighted by molar-refractivity contribution is 6.34. The molecule has 0 aromatic heterocycles. The zero-order valence-corrected chi connectivity index (χ0v) is 28.5. The van der Waals surface area contributed by atoms with E-state index in [2.05, 4.69) is 10.3 Å². The molecule has 6 rings (SSSR count). The van der Waals surface area contributed by atoms with Crippen LogP contribution in [-0.4, -0.2) is 32.3 Å². The molecule has 6 aromatic rings. The predicted molar refractivity (Wildman–Crippen MR) is 198 cm³/mol. The highest BCUT2D eigenvalue weighted by Gasteiger charge is 2.33. The number of phenolic OH excluding ortho intramolecular Hbond substituents is 2. The summed E-state index contributed by atoms with van der Waals surface area (Å²) in [5.74, 6) is -1.07. The van der Waals surface area contributed by atoms with Crippen molar-refractivity contribution in [2.45, 2.75) is 13.1 Å². The van der Waals surface area contributed by atoms with Gasteiger partial charge in [-0.2, -0.15) is 13.2 Å². The third kappa shape index (κ3) is 8.51. The maximum atomic E-state index is 14.1. The Kier molecular flexibility index (Phi) is 11.2. The number of hydrogen-bond acceptors (Lipinski definition) is 6. The largest absolute Gasteiger partial charge is 0.508 e. The second kappa shape index (κ2) is 15.8. The van der Waals surface area contributed by atoms with Crippen molar-refractivity contribution in [2.75, 3.05) is 0 Å². The van der Waals surface area contributed by atoms with E-state index in [4.69, 9.17) is 28.3 Å². The van der Waals surface area contributed by atoms with Gasteiger partial charge in [0.05, 0.1) is 5.56 Å². The molecule has 6 aromatic carbocycles. The van der Waals surface area contributed by atoms with Gasteiger partial charge in [-0.25, -0.2) is 4.39 Å². The standard InChI is InChI=1S/C21H16ClF3N2O2.C19H15FN2O2/c1-11-2-7-18(22)16(8-11)19-15(12-3-5-14(28)6-4-12)9-13(21(23,24)25)10-17(19)20(26)27-29;20-14-10-16(12-6-8-15(23)9-7-12)18(13-4-2-1-3-5-13)17(11-14)19(21)22-24/h2-10,28-29H,1H3,(H2,26,27);1-11,23-24H,(H2,21,22). The number of benzene rings is 6. The molecule has 0 aliphatic rings.